The Morgan fingerprint density at radius 2 is 0.600 bits per heavy atom. The molecule has 0 radical (unpaired) electrons. The van der Waals surface area contributed by atoms with E-state index in [1.807, 2.05) is 0 Å². The molecule has 7 atom stereocenters. The van der Waals surface area contributed by atoms with Gasteiger partial charge in [-0.05, 0) is 181 Å². The standard InChI is InChI=1S/2C18H33P.C10H23P3.C10H21P3.2NO.2Ni/c2*1-4-10-16(11-5-1)19(17-12-6-2-7-13-17)18-14-8-3-9-15-18;2*1-9(2,3)7-11-8(13-12-7)10(4,5)6;2*1-2;;/h2*16-18H,1-15H2;7-8,11-13H,1-6H3;7,12-13H,1-6H3;;;;/q;;;;2*-1;;/p+2. The van der Waals surface area contributed by atoms with Crippen molar-refractivity contribution in [1.82, 2.24) is 0 Å². The zero-order valence-corrected chi connectivity index (χ0v) is 57.1. The number of hydrogen-bond donors (Lipinski definition) is 0. The quantitative estimate of drug-likeness (QED) is 0.196. The summed E-state index contributed by atoms with van der Waals surface area (Å²) in [4.78, 5) is 14.5. The van der Waals surface area contributed by atoms with Gasteiger partial charge in [0.05, 0.1) is 34.0 Å². The average Bonchev–Trinajstić information content (AvgIpc) is 4.07. The molecule has 0 aromatic heterocycles. The first-order valence-corrected chi connectivity index (χ1v) is 40.6. The van der Waals surface area contributed by atoms with Crippen molar-refractivity contribution in [3.8, 4) is 0 Å². The summed E-state index contributed by atoms with van der Waals surface area (Å²) in [6.07, 6.45) is 47.6. The molecule has 418 valence electrons. The number of nitroso groups, excluding NO2 is 2. The van der Waals surface area contributed by atoms with Crippen LogP contribution in [0.4, 0.5) is 0 Å². The van der Waals surface area contributed by atoms with Crippen LogP contribution in [-0.4, -0.2) is 55.2 Å². The molecular weight excluding hydrogens is 1100 g/mol. The molecule has 0 aromatic rings. The molecule has 8 aliphatic rings. The number of rotatable bonds is 6. The summed E-state index contributed by atoms with van der Waals surface area (Å²) < 4.78 is 0. The van der Waals surface area contributed by atoms with Crippen molar-refractivity contribution in [1.29, 1.82) is 0 Å². The third-order valence-electron chi connectivity index (χ3n) is 17.0. The molecule has 6 saturated carbocycles. The van der Waals surface area contributed by atoms with Crippen molar-refractivity contribution in [2.45, 2.75) is 326 Å². The maximum atomic E-state index is 7.25. The van der Waals surface area contributed by atoms with Crippen LogP contribution in [0.25, 0.3) is 11.2 Å². The SMILES string of the molecule is C1CCC([PH+](C2CCCCC2)C2CCCCC2)CC1.C1CCC([PH+](C2CCCCC2)C2CCCCC2)CC1.CC(C)(C)C1=PC(C(C)(C)C)PP1.CC(C)(C)C1PPC(C(C)(C)C)P1.[N-]=O.[N-]=O.[Ni].[Ni]. The summed E-state index contributed by atoms with van der Waals surface area (Å²) in [7, 11) is 7.59. The minimum atomic E-state index is -0.0465. The van der Waals surface area contributed by atoms with Crippen LogP contribution in [-0.2, 0) is 33.0 Å². The maximum Gasteiger partial charge on any atom is 0.0680 e. The zero-order chi connectivity index (χ0) is 50.4. The monoisotopic (exact) mass is 1210 g/mol. The Hall–Kier alpha value is 3.37. The van der Waals surface area contributed by atoms with Crippen LogP contribution in [0.2, 0.25) is 0 Å². The van der Waals surface area contributed by atoms with Gasteiger partial charge in [0.1, 0.15) is 0 Å². The molecule has 7 fully saturated rings. The van der Waals surface area contributed by atoms with Gasteiger partial charge in [0, 0.05) is 65.0 Å². The molecule has 4 nitrogen and oxygen atoms in total. The van der Waals surface area contributed by atoms with E-state index in [0.29, 0.717) is 21.7 Å². The van der Waals surface area contributed by atoms with E-state index >= 15 is 0 Å². The normalized spacial score (nSPS) is 28.1. The van der Waals surface area contributed by atoms with Gasteiger partial charge in [-0.25, -0.2) is 0 Å². The van der Waals surface area contributed by atoms with Gasteiger partial charge in [0.25, 0.3) is 0 Å². The first-order chi connectivity index (χ1) is 32.3. The molecule has 0 amide bonds. The molecule has 7 unspecified atom stereocenters. The van der Waals surface area contributed by atoms with E-state index in [-0.39, 0.29) is 48.8 Å². The Labute approximate surface area is 468 Å². The first kappa shape index (κ1) is 71.4. The molecule has 0 aromatic carbocycles. The fourth-order valence-electron chi connectivity index (χ4n) is 13.1. The Kier molecular flexibility index (Phi) is 38.1. The minimum absolute atomic E-state index is 0. The summed E-state index contributed by atoms with van der Waals surface area (Å²) in [5, 5.41) is 4.77. The van der Waals surface area contributed by atoms with Crippen molar-refractivity contribution < 1.29 is 33.0 Å². The largest absolute Gasteiger partial charge is 0.577 e. The third kappa shape index (κ3) is 25.7. The predicted molar refractivity (Wildman–Crippen MR) is 334 cm³/mol. The molecule has 6 aliphatic carbocycles. The van der Waals surface area contributed by atoms with Crippen LogP contribution in [0.1, 0.15) is 276 Å². The number of hydrogen-bond acceptors (Lipinski definition) is 2. The topological polar surface area (TPSA) is 78.7 Å². The summed E-state index contributed by atoms with van der Waals surface area (Å²) in [5.41, 5.74) is 20.9. The van der Waals surface area contributed by atoms with Gasteiger partial charge < -0.3 is 21.0 Å². The van der Waals surface area contributed by atoms with Gasteiger partial charge in [-0.2, -0.15) is 0 Å². The second-order valence-electron chi connectivity index (χ2n) is 26.8. The maximum absolute atomic E-state index is 7.25. The third-order valence-corrected chi connectivity index (χ3v) is 46.0. The van der Waals surface area contributed by atoms with Gasteiger partial charge in [0.15, 0.2) is 0 Å². The fraction of sp³-hybridized carbons (Fsp3) is 0.982. The van der Waals surface area contributed by atoms with E-state index in [2.05, 4.69) is 83.1 Å². The van der Waals surface area contributed by atoms with Crippen LogP contribution in [0.3, 0.4) is 0 Å². The van der Waals surface area contributed by atoms with Crippen molar-refractivity contribution >= 4 is 70.7 Å². The molecule has 70 heavy (non-hydrogen) atoms. The molecule has 0 N–H and O–H groups in total. The van der Waals surface area contributed by atoms with Crippen LogP contribution < -0.4 is 0 Å². The van der Waals surface area contributed by atoms with Crippen LogP contribution in [0.5, 0.6) is 0 Å². The van der Waals surface area contributed by atoms with Crippen LogP contribution in [0.15, 0.2) is 0 Å². The molecule has 1 saturated heterocycles. The number of nitrogens with zero attached hydrogens (tertiary/aromatic N) is 2. The van der Waals surface area contributed by atoms with Gasteiger partial charge in [-0.15, -0.1) is 8.58 Å². The van der Waals surface area contributed by atoms with Gasteiger partial charge in [0.2, 0.25) is 0 Å². The fourth-order valence-corrected chi connectivity index (χ4v) is 44.2. The Morgan fingerprint density at radius 3 is 0.743 bits per heavy atom. The summed E-state index contributed by atoms with van der Waals surface area (Å²) in [5.74, 6) is 0. The Morgan fingerprint density at radius 1 is 0.371 bits per heavy atom. The second kappa shape index (κ2) is 37.3. The smallest absolute Gasteiger partial charge is 0.0680 e. The Balaban J connectivity index is 0.000000458. The molecule has 2 aliphatic heterocycles. The minimum Gasteiger partial charge on any atom is -0.577 e. The van der Waals surface area contributed by atoms with E-state index in [4.69, 9.17) is 21.0 Å². The van der Waals surface area contributed by atoms with E-state index in [0.717, 1.165) is 24.5 Å². The van der Waals surface area contributed by atoms with E-state index in [1.165, 1.54) is 67.3 Å². The molecule has 0 spiro atoms. The van der Waals surface area contributed by atoms with Crippen molar-refractivity contribution in [3.05, 3.63) is 21.0 Å². The molecule has 0 bridgehead atoms. The Bertz CT molecular complexity index is 1190. The summed E-state index contributed by atoms with van der Waals surface area (Å²) >= 11 is 0. The molecule has 14 heteroatoms. The average molecular weight is 1210 g/mol. The van der Waals surface area contributed by atoms with Crippen molar-refractivity contribution in [3.63, 3.8) is 0 Å². The zero-order valence-electron chi connectivity index (χ0n) is 47.2. The van der Waals surface area contributed by atoms with E-state index in [1.54, 1.807) is 206 Å². The summed E-state index contributed by atoms with van der Waals surface area (Å²) in [6, 6.07) is 0. The first-order valence-electron chi connectivity index (χ1n) is 28.8. The van der Waals surface area contributed by atoms with Gasteiger partial charge in [-0.1, -0.05) is 163 Å². The summed E-state index contributed by atoms with van der Waals surface area (Å²) in [6.45, 7) is 28.7. The predicted octanol–water partition coefficient (Wildman–Crippen LogP) is 22.5. The molecular formula is C56H112N2Ni2O2P8. The van der Waals surface area contributed by atoms with Crippen LogP contribution >= 0.6 is 65.7 Å². The van der Waals surface area contributed by atoms with Gasteiger partial charge >= 0.3 is 0 Å². The van der Waals surface area contributed by atoms with E-state index < -0.39 is 0 Å². The van der Waals surface area contributed by atoms with E-state index in [9.17, 15) is 0 Å². The molecule has 8 rings (SSSR count). The van der Waals surface area contributed by atoms with Gasteiger partial charge in [-0.3, -0.25) is 0 Å². The van der Waals surface area contributed by atoms with Crippen molar-refractivity contribution in [2.75, 3.05) is 0 Å². The molecule has 2 heterocycles. The van der Waals surface area contributed by atoms with Crippen molar-refractivity contribution in [2.24, 2.45) is 21.7 Å². The van der Waals surface area contributed by atoms with Crippen LogP contribution in [0, 0.1) is 31.5 Å². The second-order valence-corrected chi connectivity index (χ2v) is 45.2.